The van der Waals surface area contributed by atoms with E-state index in [1.807, 2.05) is 32.0 Å². The first kappa shape index (κ1) is 25.8. The van der Waals surface area contributed by atoms with Gasteiger partial charge in [-0.25, -0.2) is 0 Å². The number of rotatable bonds is 9. The van der Waals surface area contributed by atoms with Gasteiger partial charge in [0.15, 0.2) is 18.1 Å². The normalized spacial score (nSPS) is 14.3. The van der Waals surface area contributed by atoms with Gasteiger partial charge in [-0.3, -0.25) is 24.1 Å². The molecule has 1 N–H and O–H groups in total. The van der Waals surface area contributed by atoms with Crippen LogP contribution < -0.4 is 14.8 Å². The molecule has 0 aromatic heterocycles. The topological polar surface area (TPSA) is 111 Å². The second-order valence-electron chi connectivity index (χ2n) is 7.57. The number of nitrogens with zero attached hydrogens (tertiary/aromatic N) is 1. The van der Waals surface area contributed by atoms with E-state index >= 15 is 0 Å². The average Bonchev–Trinajstić information content (AvgIpc) is 3.08. The number of carbonyl (C=O) groups is 4. The second kappa shape index (κ2) is 11.6. The van der Waals surface area contributed by atoms with E-state index in [0.29, 0.717) is 17.1 Å². The molecule has 0 saturated carbocycles. The SMILES string of the molecule is CCOC(=O)CN1C(=O)S/C(=C\c2ccc(OCC(=O)Nc3cccc(C)c3C)c(OC)c2)C1=O. The van der Waals surface area contributed by atoms with Crippen molar-refractivity contribution in [2.24, 2.45) is 0 Å². The van der Waals surface area contributed by atoms with E-state index in [1.165, 1.54) is 13.2 Å². The molecule has 0 aliphatic carbocycles. The summed E-state index contributed by atoms with van der Waals surface area (Å²) in [5, 5.41) is 2.28. The summed E-state index contributed by atoms with van der Waals surface area (Å²) in [4.78, 5) is 49.8. The van der Waals surface area contributed by atoms with Gasteiger partial charge in [-0.2, -0.15) is 0 Å². The molecule has 3 rings (SSSR count). The first-order valence-electron chi connectivity index (χ1n) is 10.8. The number of aryl methyl sites for hydroxylation is 1. The van der Waals surface area contributed by atoms with Gasteiger partial charge in [-0.1, -0.05) is 18.2 Å². The summed E-state index contributed by atoms with van der Waals surface area (Å²) in [6.07, 6.45) is 1.52. The van der Waals surface area contributed by atoms with E-state index in [0.717, 1.165) is 33.5 Å². The maximum atomic E-state index is 12.6. The maximum Gasteiger partial charge on any atom is 0.326 e. The summed E-state index contributed by atoms with van der Waals surface area (Å²) in [6, 6.07) is 10.6. The van der Waals surface area contributed by atoms with Crippen LogP contribution in [0.1, 0.15) is 23.6 Å². The molecule has 0 radical (unpaired) electrons. The summed E-state index contributed by atoms with van der Waals surface area (Å²) in [5.74, 6) is -0.850. The molecular formula is C25H26N2O7S. The fourth-order valence-electron chi connectivity index (χ4n) is 3.23. The number of esters is 1. The smallest absolute Gasteiger partial charge is 0.326 e. The third-order valence-corrected chi connectivity index (χ3v) is 6.10. The molecule has 0 spiro atoms. The molecule has 3 amide bonds. The average molecular weight is 499 g/mol. The van der Waals surface area contributed by atoms with Crippen LogP contribution in [0.15, 0.2) is 41.3 Å². The quantitative estimate of drug-likeness (QED) is 0.409. The molecule has 0 bridgehead atoms. The van der Waals surface area contributed by atoms with Crippen LogP contribution in [-0.2, 0) is 19.1 Å². The third kappa shape index (κ3) is 6.42. The molecule has 1 heterocycles. The number of ether oxygens (including phenoxy) is 3. The first-order chi connectivity index (χ1) is 16.7. The highest BCUT2D eigenvalue weighted by Crippen LogP contribution is 2.34. The monoisotopic (exact) mass is 498 g/mol. The minimum atomic E-state index is -0.652. The molecule has 0 atom stereocenters. The van der Waals surface area contributed by atoms with Crippen LogP contribution in [0.4, 0.5) is 10.5 Å². The zero-order valence-corrected chi connectivity index (χ0v) is 20.7. The predicted molar refractivity (Wildman–Crippen MR) is 132 cm³/mol. The summed E-state index contributed by atoms with van der Waals surface area (Å²) in [6.45, 7) is 5.04. The fraction of sp³-hybridized carbons (Fsp3) is 0.280. The summed E-state index contributed by atoms with van der Waals surface area (Å²) >= 11 is 0.737. The Morgan fingerprint density at radius 1 is 1.11 bits per heavy atom. The van der Waals surface area contributed by atoms with Crippen LogP contribution in [0, 0.1) is 13.8 Å². The largest absolute Gasteiger partial charge is 0.493 e. The van der Waals surface area contributed by atoms with E-state index in [-0.39, 0.29) is 24.0 Å². The number of benzene rings is 2. The van der Waals surface area contributed by atoms with Crippen molar-refractivity contribution < 1.29 is 33.4 Å². The van der Waals surface area contributed by atoms with Crippen LogP contribution in [0.2, 0.25) is 0 Å². The number of hydrogen-bond acceptors (Lipinski definition) is 8. The molecule has 1 aliphatic heterocycles. The predicted octanol–water partition coefficient (Wildman–Crippen LogP) is 3.93. The molecule has 2 aromatic rings. The van der Waals surface area contributed by atoms with Gasteiger partial charge in [0, 0.05) is 5.69 Å². The maximum absolute atomic E-state index is 12.6. The Hall–Kier alpha value is -3.79. The van der Waals surface area contributed by atoms with Gasteiger partial charge in [0.2, 0.25) is 0 Å². The van der Waals surface area contributed by atoms with Crippen LogP contribution in [0.3, 0.4) is 0 Å². The highest BCUT2D eigenvalue weighted by molar-refractivity contribution is 8.18. The lowest BCUT2D eigenvalue weighted by Gasteiger charge is -2.13. The molecule has 2 aromatic carbocycles. The van der Waals surface area contributed by atoms with Gasteiger partial charge in [0.05, 0.1) is 18.6 Å². The molecular weight excluding hydrogens is 472 g/mol. The number of thioether (sulfide) groups is 1. The molecule has 35 heavy (non-hydrogen) atoms. The Balaban J connectivity index is 1.67. The van der Waals surface area contributed by atoms with Gasteiger partial charge in [-0.05, 0) is 73.5 Å². The summed E-state index contributed by atoms with van der Waals surface area (Å²) in [7, 11) is 1.45. The Morgan fingerprint density at radius 2 is 1.89 bits per heavy atom. The van der Waals surface area contributed by atoms with Gasteiger partial charge in [-0.15, -0.1) is 0 Å². The zero-order chi connectivity index (χ0) is 25.5. The van der Waals surface area contributed by atoms with Crippen molar-refractivity contribution in [2.75, 3.05) is 32.2 Å². The molecule has 1 fully saturated rings. The van der Waals surface area contributed by atoms with Crippen LogP contribution in [0.25, 0.3) is 6.08 Å². The number of hydrogen-bond donors (Lipinski definition) is 1. The molecule has 9 nitrogen and oxygen atoms in total. The Labute approximate surface area is 207 Å². The first-order valence-corrected chi connectivity index (χ1v) is 11.6. The van der Waals surface area contributed by atoms with Crippen molar-refractivity contribution in [1.82, 2.24) is 4.90 Å². The number of anilines is 1. The van der Waals surface area contributed by atoms with Crippen LogP contribution >= 0.6 is 11.8 Å². The summed E-state index contributed by atoms with van der Waals surface area (Å²) < 4.78 is 15.8. The van der Waals surface area contributed by atoms with Gasteiger partial charge in [0.25, 0.3) is 17.1 Å². The van der Waals surface area contributed by atoms with E-state index in [2.05, 4.69) is 5.32 Å². The molecule has 1 saturated heterocycles. The number of amides is 3. The van der Waals surface area contributed by atoms with E-state index in [4.69, 9.17) is 14.2 Å². The standard InChI is InChI=1S/C25H26N2O7S/c1-5-33-23(29)13-27-24(30)21(35-25(27)31)12-17-9-10-19(20(11-17)32-4)34-14-22(28)26-18-8-6-7-15(2)16(18)3/h6-12H,5,13-14H2,1-4H3,(H,26,28)/b21-12-. The lowest BCUT2D eigenvalue weighted by molar-refractivity contribution is -0.146. The highest BCUT2D eigenvalue weighted by atomic mass is 32.2. The highest BCUT2D eigenvalue weighted by Gasteiger charge is 2.36. The number of imide groups is 1. The minimum absolute atomic E-state index is 0.159. The van der Waals surface area contributed by atoms with Gasteiger partial charge >= 0.3 is 5.97 Å². The Bertz CT molecular complexity index is 1190. The third-order valence-electron chi connectivity index (χ3n) is 5.19. The molecule has 1 aliphatic rings. The molecule has 0 unspecified atom stereocenters. The number of carbonyl (C=O) groups excluding carboxylic acids is 4. The van der Waals surface area contributed by atoms with Gasteiger partial charge < -0.3 is 19.5 Å². The van der Waals surface area contributed by atoms with Crippen molar-refractivity contribution in [2.45, 2.75) is 20.8 Å². The fourth-order valence-corrected chi connectivity index (χ4v) is 4.07. The van der Waals surface area contributed by atoms with E-state index in [1.54, 1.807) is 25.1 Å². The Kier molecular flexibility index (Phi) is 8.53. The summed E-state index contributed by atoms with van der Waals surface area (Å²) in [5.41, 5.74) is 3.35. The lowest BCUT2D eigenvalue weighted by Crippen LogP contribution is -2.34. The number of methoxy groups -OCH3 is 1. The minimum Gasteiger partial charge on any atom is -0.493 e. The van der Waals surface area contributed by atoms with E-state index in [9.17, 15) is 19.2 Å². The van der Waals surface area contributed by atoms with Crippen molar-refractivity contribution in [3.8, 4) is 11.5 Å². The van der Waals surface area contributed by atoms with E-state index < -0.39 is 23.7 Å². The number of nitrogens with one attached hydrogen (secondary N) is 1. The van der Waals surface area contributed by atoms with Crippen LogP contribution in [-0.4, -0.2) is 54.8 Å². The zero-order valence-electron chi connectivity index (χ0n) is 19.9. The van der Waals surface area contributed by atoms with Gasteiger partial charge in [0.1, 0.15) is 6.54 Å². The second-order valence-corrected chi connectivity index (χ2v) is 8.56. The van der Waals surface area contributed by atoms with Crippen molar-refractivity contribution in [3.05, 3.63) is 58.0 Å². The van der Waals surface area contributed by atoms with Crippen molar-refractivity contribution in [3.63, 3.8) is 0 Å². The van der Waals surface area contributed by atoms with Crippen LogP contribution in [0.5, 0.6) is 11.5 Å². The van der Waals surface area contributed by atoms with Crippen molar-refractivity contribution in [1.29, 1.82) is 0 Å². The van der Waals surface area contributed by atoms with Crippen molar-refractivity contribution >= 4 is 46.5 Å². The molecule has 184 valence electrons. The lowest BCUT2D eigenvalue weighted by atomic mass is 10.1. The Morgan fingerprint density at radius 3 is 2.60 bits per heavy atom. The molecule has 10 heteroatoms.